The SMILES string of the molecule is CC(C)[C@@H]1Cc2c(sc3nc(SCC(N)=O)n(C4CCCCC4)c(=O)c23)CO1. The van der Waals surface area contributed by atoms with Gasteiger partial charge in [0.1, 0.15) is 4.83 Å². The summed E-state index contributed by atoms with van der Waals surface area (Å²) in [4.78, 5) is 31.7. The number of carbonyl (C=O) groups is 1. The molecule has 0 radical (unpaired) electrons. The molecule has 1 aliphatic heterocycles. The van der Waals surface area contributed by atoms with Gasteiger partial charge in [0.15, 0.2) is 5.16 Å². The zero-order chi connectivity index (χ0) is 19.8. The van der Waals surface area contributed by atoms with Gasteiger partial charge in [0, 0.05) is 17.3 Å². The Morgan fingerprint density at radius 2 is 2.11 bits per heavy atom. The van der Waals surface area contributed by atoms with Crippen molar-refractivity contribution in [1.82, 2.24) is 9.55 Å². The minimum absolute atomic E-state index is 0.0470. The van der Waals surface area contributed by atoms with E-state index in [0.29, 0.717) is 17.7 Å². The van der Waals surface area contributed by atoms with Crippen LogP contribution in [0.1, 0.15) is 62.4 Å². The molecule has 28 heavy (non-hydrogen) atoms. The zero-order valence-corrected chi connectivity index (χ0v) is 18.0. The lowest BCUT2D eigenvalue weighted by atomic mass is 9.94. The highest BCUT2D eigenvalue weighted by Crippen LogP contribution is 2.37. The van der Waals surface area contributed by atoms with Crippen LogP contribution in [0.25, 0.3) is 10.2 Å². The Balaban J connectivity index is 1.84. The van der Waals surface area contributed by atoms with Crippen LogP contribution < -0.4 is 11.3 Å². The van der Waals surface area contributed by atoms with Crippen molar-refractivity contribution in [3.05, 3.63) is 20.8 Å². The Bertz CT molecular complexity index is 944. The lowest BCUT2D eigenvalue weighted by molar-refractivity contribution is -0.115. The maximum atomic E-state index is 13.7. The van der Waals surface area contributed by atoms with Crippen molar-refractivity contribution in [2.75, 3.05) is 5.75 Å². The molecule has 1 fully saturated rings. The maximum Gasteiger partial charge on any atom is 0.263 e. The number of fused-ring (bicyclic) bond motifs is 3. The summed E-state index contributed by atoms with van der Waals surface area (Å²) in [6.45, 7) is 4.86. The van der Waals surface area contributed by atoms with Gasteiger partial charge >= 0.3 is 0 Å². The van der Waals surface area contributed by atoms with E-state index < -0.39 is 5.91 Å². The molecule has 152 valence electrons. The average molecular weight is 422 g/mol. The predicted molar refractivity (Wildman–Crippen MR) is 113 cm³/mol. The third kappa shape index (κ3) is 3.74. The van der Waals surface area contributed by atoms with Crippen molar-refractivity contribution in [2.24, 2.45) is 11.7 Å². The monoisotopic (exact) mass is 421 g/mol. The molecule has 1 aliphatic carbocycles. The number of rotatable bonds is 5. The molecule has 0 unspecified atom stereocenters. The van der Waals surface area contributed by atoms with E-state index in [4.69, 9.17) is 15.5 Å². The maximum absolute atomic E-state index is 13.7. The molecular formula is C20H27N3O3S2. The minimum atomic E-state index is -0.395. The van der Waals surface area contributed by atoms with Gasteiger partial charge in [-0.3, -0.25) is 14.2 Å². The number of hydrogen-bond donors (Lipinski definition) is 1. The number of aromatic nitrogens is 2. The summed E-state index contributed by atoms with van der Waals surface area (Å²) in [6, 6.07) is 0.157. The summed E-state index contributed by atoms with van der Waals surface area (Å²) in [6.07, 6.45) is 6.34. The van der Waals surface area contributed by atoms with E-state index in [-0.39, 0.29) is 23.5 Å². The van der Waals surface area contributed by atoms with Crippen molar-refractivity contribution in [3.8, 4) is 0 Å². The third-order valence-corrected chi connectivity index (χ3v) is 7.84. The van der Waals surface area contributed by atoms with E-state index in [2.05, 4.69) is 13.8 Å². The summed E-state index contributed by atoms with van der Waals surface area (Å²) in [7, 11) is 0. The van der Waals surface area contributed by atoms with Crippen molar-refractivity contribution >= 4 is 39.2 Å². The highest BCUT2D eigenvalue weighted by molar-refractivity contribution is 7.99. The lowest BCUT2D eigenvalue weighted by Gasteiger charge is -2.27. The number of hydrogen-bond acceptors (Lipinski definition) is 6. The van der Waals surface area contributed by atoms with Crippen LogP contribution in [0.5, 0.6) is 0 Å². The van der Waals surface area contributed by atoms with Crippen LogP contribution in [0, 0.1) is 5.92 Å². The van der Waals surface area contributed by atoms with Gasteiger partial charge in [-0.15, -0.1) is 11.3 Å². The Labute approximate surface area is 172 Å². The summed E-state index contributed by atoms with van der Waals surface area (Å²) in [5.74, 6) is 0.143. The van der Waals surface area contributed by atoms with Gasteiger partial charge in [-0.1, -0.05) is 44.9 Å². The van der Waals surface area contributed by atoms with Crippen molar-refractivity contribution in [1.29, 1.82) is 0 Å². The second kappa shape index (κ2) is 8.16. The Kier molecular flexibility index (Phi) is 5.81. The fourth-order valence-electron chi connectivity index (χ4n) is 4.25. The summed E-state index contributed by atoms with van der Waals surface area (Å²) < 4.78 is 7.86. The largest absolute Gasteiger partial charge is 0.372 e. The quantitative estimate of drug-likeness (QED) is 0.588. The fourth-order valence-corrected chi connectivity index (χ4v) is 6.22. The average Bonchev–Trinajstić information content (AvgIpc) is 3.04. The number of nitrogens with two attached hydrogens (primary N) is 1. The molecule has 0 aromatic carbocycles. The van der Waals surface area contributed by atoms with Crippen LogP contribution in [0.15, 0.2) is 9.95 Å². The molecule has 6 nitrogen and oxygen atoms in total. The van der Waals surface area contributed by atoms with Gasteiger partial charge in [0.2, 0.25) is 5.91 Å². The highest BCUT2D eigenvalue weighted by Gasteiger charge is 2.30. The molecule has 2 aromatic rings. The molecule has 2 aliphatic rings. The molecule has 0 saturated heterocycles. The van der Waals surface area contributed by atoms with E-state index in [1.54, 1.807) is 11.3 Å². The van der Waals surface area contributed by atoms with Crippen LogP contribution in [-0.4, -0.2) is 27.3 Å². The molecule has 1 saturated carbocycles. The second-order valence-corrected chi connectivity index (χ2v) is 10.1. The van der Waals surface area contributed by atoms with Crippen LogP contribution in [-0.2, 0) is 22.6 Å². The van der Waals surface area contributed by atoms with Crippen LogP contribution in [0.4, 0.5) is 0 Å². The predicted octanol–water partition coefficient (Wildman–Crippen LogP) is 3.64. The number of ether oxygens (including phenoxy) is 1. The Morgan fingerprint density at radius 1 is 1.36 bits per heavy atom. The Hall–Kier alpha value is -1.38. The molecule has 2 N–H and O–H groups in total. The molecule has 4 rings (SSSR count). The van der Waals surface area contributed by atoms with Crippen LogP contribution in [0.2, 0.25) is 0 Å². The summed E-state index contributed by atoms with van der Waals surface area (Å²) >= 11 is 2.83. The normalized spacial score (nSPS) is 20.6. The van der Waals surface area contributed by atoms with Gasteiger partial charge in [0.05, 0.1) is 23.8 Å². The topological polar surface area (TPSA) is 87.2 Å². The lowest BCUT2D eigenvalue weighted by Crippen LogP contribution is -2.31. The smallest absolute Gasteiger partial charge is 0.263 e. The fraction of sp³-hybridized carbons (Fsp3) is 0.650. The summed E-state index contributed by atoms with van der Waals surface area (Å²) in [5.41, 5.74) is 6.52. The zero-order valence-electron chi connectivity index (χ0n) is 16.4. The van der Waals surface area contributed by atoms with E-state index >= 15 is 0 Å². The van der Waals surface area contributed by atoms with Crippen LogP contribution in [0.3, 0.4) is 0 Å². The van der Waals surface area contributed by atoms with E-state index in [1.165, 1.54) is 18.2 Å². The van der Waals surface area contributed by atoms with Gasteiger partial charge in [-0.2, -0.15) is 0 Å². The molecule has 2 aromatic heterocycles. The van der Waals surface area contributed by atoms with Gasteiger partial charge < -0.3 is 10.5 Å². The first-order valence-corrected chi connectivity index (χ1v) is 11.9. The molecule has 0 spiro atoms. The molecular weight excluding hydrogens is 394 g/mol. The van der Waals surface area contributed by atoms with Gasteiger partial charge in [-0.25, -0.2) is 4.98 Å². The minimum Gasteiger partial charge on any atom is -0.372 e. The molecule has 0 bridgehead atoms. The first-order chi connectivity index (χ1) is 13.5. The number of carbonyl (C=O) groups excluding carboxylic acids is 1. The highest BCUT2D eigenvalue weighted by atomic mass is 32.2. The molecule has 1 atom stereocenters. The van der Waals surface area contributed by atoms with E-state index in [0.717, 1.165) is 52.8 Å². The number of primary amides is 1. The number of thiophene rings is 1. The Morgan fingerprint density at radius 3 is 2.79 bits per heavy atom. The summed E-state index contributed by atoms with van der Waals surface area (Å²) in [5, 5.41) is 1.39. The van der Waals surface area contributed by atoms with Crippen molar-refractivity contribution in [2.45, 2.75) is 76.3 Å². The van der Waals surface area contributed by atoms with Crippen molar-refractivity contribution in [3.63, 3.8) is 0 Å². The first kappa shape index (κ1) is 19.9. The second-order valence-electron chi connectivity index (χ2n) is 8.10. The number of nitrogens with zero attached hydrogens (tertiary/aromatic N) is 2. The first-order valence-electron chi connectivity index (χ1n) is 10.0. The van der Waals surface area contributed by atoms with Gasteiger partial charge in [-0.05, 0) is 24.3 Å². The molecule has 1 amide bonds. The third-order valence-electron chi connectivity index (χ3n) is 5.77. The number of thioether (sulfide) groups is 1. The standard InChI is InChI=1S/C20H27N3O3S2/c1-11(2)14-8-13-15(9-26-14)28-18-17(13)19(25)23(12-6-4-3-5-7-12)20(22-18)27-10-16(21)24/h11-12,14H,3-10H2,1-2H3,(H2,21,24)/t14-/m0/s1. The number of amides is 1. The van der Waals surface area contributed by atoms with Crippen LogP contribution >= 0.6 is 23.1 Å². The molecule has 3 heterocycles. The molecule has 8 heteroatoms. The van der Waals surface area contributed by atoms with Gasteiger partial charge in [0.25, 0.3) is 5.56 Å². The van der Waals surface area contributed by atoms with E-state index in [9.17, 15) is 9.59 Å². The van der Waals surface area contributed by atoms with E-state index in [1.807, 2.05) is 4.57 Å². The van der Waals surface area contributed by atoms with Crippen molar-refractivity contribution < 1.29 is 9.53 Å².